The Balaban J connectivity index is 1.41. The fourth-order valence-corrected chi connectivity index (χ4v) is 3.98. The van der Waals surface area contributed by atoms with Crippen molar-refractivity contribution in [2.75, 3.05) is 23.7 Å². The van der Waals surface area contributed by atoms with Crippen molar-refractivity contribution in [3.05, 3.63) is 59.7 Å². The molecule has 4 rings (SSSR count). The highest BCUT2D eigenvalue weighted by Gasteiger charge is 2.40. The third kappa shape index (κ3) is 4.53. The number of hydrogen-bond acceptors (Lipinski definition) is 4. The van der Waals surface area contributed by atoms with Crippen molar-refractivity contribution in [3.63, 3.8) is 0 Å². The lowest BCUT2D eigenvalue weighted by Gasteiger charge is -2.39. The van der Waals surface area contributed by atoms with Gasteiger partial charge >= 0.3 is 6.18 Å². The number of rotatable bonds is 3. The van der Waals surface area contributed by atoms with Gasteiger partial charge in [0.05, 0.1) is 17.7 Å². The monoisotopic (exact) mass is 446 g/mol. The van der Waals surface area contributed by atoms with E-state index in [4.69, 9.17) is 0 Å². The lowest BCUT2D eigenvalue weighted by molar-refractivity contribution is -0.137. The first-order valence-electron chi connectivity index (χ1n) is 10.1. The zero-order valence-electron chi connectivity index (χ0n) is 17.0. The van der Waals surface area contributed by atoms with Crippen LogP contribution in [0.25, 0.3) is 0 Å². The van der Waals surface area contributed by atoms with Gasteiger partial charge < -0.3 is 20.9 Å². The van der Waals surface area contributed by atoms with E-state index in [9.17, 15) is 27.6 Å². The minimum absolute atomic E-state index is 0.00128. The molecule has 1 spiro atoms. The summed E-state index contributed by atoms with van der Waals surface area (Å²) in [6.45, 7) is -0.0972. The van der Waals surface area contributed by atoms with Crippen molar-refractivity contribution in [2.24, 2.45) is 0 Å². The summed E-state index contributed by atoms with van der Waals surface area (Å²) >= 11 is 0. The van der Waals surface area contributed by atoms with Gasteiger partial charge in [-0.25, -0.2) is 0 Å². The van der Waals surface area contributed by atoms with E-state index in [1.54, 1.807) is 18.2 Å². The van der Waals surface area contributed by atoms with Gasteiger partial charge in [-0.05, 0) is 36.8 Å². The number of nitrogens with one attached hydrogen (secondary N) is 3. The lowest BCUT2D eigenvalue weighted by atomic mass is 9.95. The smallest absolute Gasteiger partial charge is 0.362 e. The van der Waals surface area contributed by atoms with E-state index in [0.717, 1.165) is 12.1 Å². The van der Waals surface area contributed by atoms with Crippen LogP contribution in [0, 0.1) is 0 Å². The molecule has 2 aromatic carbocycles. The minimum atomic E-state index is -4.52. The number of hydrogen-bond donors (Lipinski definition) is 3. The van der Waals surface area contributed by atoms with Gasteiger partial charge in [-0.3, -0.25) is 14.4 Å². The van der Waals surface area contributed by atoms with Crippen LogP contribution in [0.1, 0.15) is 35.2 Å². The Morgan fingerprint density at radius 2 is 1.84 bits per heavy atom. The largest absolute Gasteiger partial charge is 0.416 e. The molecular weight excluding hydrogens is 425 g/mol. The number of alkyl halides is 3. The summed E-state index contributed by atoms with van der Waals surface area (Å²) in [7, 11) is 0. The summed E-state index contributed by atoms with van der Waals surface area (Å²) in [6.07, 6.45) is -3.70. The van der Waals surface area contributed by atoms with Crippen molar-refractivity contribution in [2.45, 2.75) is 31.1 Å². The topological polar surface area (TPSA) is 90.5 Å². The maximum atomic E-state index is 12.9. The molecule has 2 aromatic rings. The molecule has 0 saturated carbocycles. The van der Waals surface area contributed by atoms with Crippen molar-refractivity contribution in [1.29, 1.82) is 0 Å². The number of para-hydroxylation sites is 1. The second kappa shape index (κ2) is 8.18. The molecule has 2 heterocycles. The molecular formula is C22H21F3N4O3. The van der Waals surface area contributed by atoms with Crippen LogP contribution < -0.4 is 16.0 Å². The van der Waals surface area contributed by atoms with Gasteiger partial charge in [0, 0.05) is 30.8 Å². The van der Waals surface area contributed by atoms with Crippen LogP contribution in [0.15, 0.2) is 48.5 Å². The number of likely N-dealkylation sites (tertiary alicyclic amines) is 1. The molecule has 32 heavy (non-hydrogen) atoms. The molecule has 3 N–H and O–H groups in total. The number of carbonyl (C=O) groups excluding carboxylic acids is 3. The SMILES string of the molecule is O=C(CN1CC[C@@]2(CCC1=O)NC(=O)c1ccccc1N2)Nc1cccc(C(F)(F)F)c1. The van der Waals surface area contributed by atoms with Gasteiger partial charge in [-0.1, -0.05) is 18.2 Å². The molecule has 2 aliphatic rings. The Bertz CT molecular complexity index is 1070. The molecule has 0 bridgehead atoms. The second-order valence-electron chi connectivity index (χ2n) is 7.90. The second-order valence-corrected chi connectivity index (χ2v) is 7.90. The van der Waals surface area contributed by atoms with Gasteiger partial charge in [0.1, 0.15) is 5.66 Å². The average molecular weight is 446 g/mol. The van der Waals surface area contributed by atoms with Gasteiger partial charge in [-0.2, -0.15) is 13.2 Å². The minimum Gasteiger partial charge on any atom is -0.362 e. The van der Waals surface area contributed by atoms with Crippen molar-refractivity contribution in [3.8, 4) is 0 Å². The Morgan fingerprint density at radius 1 is 1.06 bits per heavy atom. The quantitative estimate of drug-likeness (QED) is 0.676. The Kier molecular flexibility index (Phi) is 5.53. The van der Waals surface area contributed by atoms with Gasteiger partial charge in [0.2, 0.25) is 11.8 Å². The third-order valence-electron chi connectivity index (χ3n) is 5.63. The molecule has 3 amide bonds. The third-order valence-corrected chi connectivity index (χ3v) is 5.63. The van der Waals surface area contributed by atoms with Crippen LogP contribution in [-0.4, -0.2) is 41.4 Å². The molecule has 0 aromatic heterocycles. The number of anilines is 2. The van der Waals surface area contributed by atoms with Crippen LogP contribution in [-0.2, 0) is 15.8 Å². The molecule has 0 aliphatic carbocycles. The van der Waals surface area contributed by atoms with Crippen LogP contribution in [0.5, 0.6) is 0 Å². The van der Waals surface area contributed by atoms with Gasteiger partial charge in [-0.15, -0.1) is 0 Å². The Morgan fingerprint density at radius 3 is 2.62 bits per heavy atom. The van der Waals surface area contributed by atoms with E-state index in [1.165, 1.54) is 17.0 Å². The van der Waals surface area contributed by atoms with E-state index in [2.05, 4.69) is 16.0 Å². The van der Waals surface area contributed by atoms with Crippen LogP contribution in [0.2, 0.25) is 0 Å². The summed E-state index contributed by atoms with van der Waals surface area (Å²) in [5.74, 6) is -1.10. The number of fused-ring (bicyclic) bond motifs is 1. The number of amides is 3. The number of nitrogens with zero attached hydrogens (tertiary/aromatic N) is 1. The van der Waals surface area contributed by atoms with Crippen LogP contribution in [0.4, 0.5) is 24.5 Å². The van der Waals surface area contributed by atoms with Gasteiger partial charge in [0.25, 0.3) is 5.91 Å². The molecule has 7 nitrogen and oxygen atoms in total. The molecule has 2 aliphatic heterocycles. The van der Waals surface area contributed by atoms with E-state index < -0.39 is 23.3 Å². The van der Waals surface area contributed by atoms with Gasteiger partial charge in [0.15, 0.2) is 0 Å². The average Bonchev–Trinajstić information content (AvgIpc) is 2.88. The lowest BCUT2D eigenvalue weighted by Crippen LogP contribution is -2.58. The summed E-state index contributed by atoms with van der Waals surface area (Å²) in [6, 6.07) is 11.4. The van der Waals surface area contributed by atoms with E-state index in [-0.39, 0.29) is 37.0 Å². The van der Waals surface area contributed by atoms with Crippen molar-refractivity contribution in [1.82, 2.24) is 10.2 Å². The molecule has 10 heteroatoms. The summed E-state index contributed by atoms with van der Waals surface area (Å²) < 4.78 is 38.6. The fourth-order valence-electron chi connectivity index (χ4n) is 3.98. The Labute approximate surface area is 182 Å². The molecule has 0 radical (unpaired) electrons. The first-order valence-corrected chi connectivity index (χ1v) is 10.1. The number of carbonyl (C=O) groups is 3. The molecule has 1 atom stereocenters. The summed E-state index contributed by atoms with van der Waals surface area (Å²) in [4.78, 5) is 38.9. The van der Waals surface area contributed by atoms with Crippen LogP contribution in [0.3, 0.4) is 0 Å². The number of benzene rings is 2. The van der Waals surface area contributed by atoms with Crippen molar-refractivity contribution < 1.29 is 27.6 Å². The van der Waals surface area contributed by atoms with E-state index in [1.807, 2.05) is 6.07 Å². The summed E-state index contributed by atoms with van der Waals surface area (Å²) in [5.41, 5.74) is -0.484. The molecule has 0 unspecified atom stereocenters. The highest BCUT2D eigenvalue weighted by Crippen LogP contribution is 2.32. The molecule has 168 valence electrons. The number of halogens is 3. The Hall–Kier alpha value is -3.56. The standard InChI is InChI=1S/C22H21F3N4O3/c23-22(24,25)14-4-3-5-15(12-14)26-18(30)13-29-11-10-21(9-8-19(29)31)27-17-7-2-1-6-16(17)20(32)28-21/h1-7,12,27H,8-11,13H2,(H,26,30)(H,28,32)/t21-/m1/s1. The zero-order chi connectivity index (χ0) is 22.9. The highest BCUT2D eigenvalue weighted by molar-refractivity contribution is 6.02. The molecule has 1 saturated heterocycles. The van der Waals surface area contributed by atoms with Crippen LogP contribution >= 0.6 is 0 Å². The normalized spacial score (nSPS) is 20.8. The van der Waals surface area contributed by atoms with E-state index >= 15 is 0 Å². The first-order chi connectivity index (χ1) is 15.2. The maximum Gasteiger partial charge on any atom is 0.416 e. The predicted octanol–water partition coefficient (Wildman–Crippen LogP) is 3.21. The maximum absolute atomic E-state index is 12.9. The highest BCUT2D eigenvalue weighted by atomic mass is 19.4. The van der Waals surface area contributed by atoms with Crippen molar-refractivity contribution >= 4 is 29.1 Å². The zero-order valence-corrected chi connectivity index (χ0v) is 17.0. The predicted molar refractivity (Wildman–Crippen MR) is 111 cm³/mol. The fraction of sp³-hybridized carbons (Fsp3) is 0.318. The molecule has 1 fully saturated rings. The first kappa shape index (κ1) is 21.7. The van der Waals surface area contributed by atoms with E-state index in [0.29, 0.717) is 24.1 Å². The summed E-state index contributed by atoms with van der Waals surface area (Å²) in [5, 5.41) is 8.68.